The summed E-state index contributed by atoms with van der Waals surface area (Å²) >= 11 is 4.54. The quantitative estimate of drug-likeness (QED) is 0.460. The zero-order valence-corrected chi connectivity index (χ0v) is 22.8. The molecule has 0 saturated carbocycles. The molecule has 0 amide bonds. The maximum absolute atomic E-state index is 13.4. The predicted octanol–water partition coefficient (Wildman–Crippen LogP) is 4.72. The van der Waals surface area contributed by atoms with Crippen LogP contribution in [0.15, 0.2) is 56.6 Å². The lowest BCUT2D eigenvalue weighted by Gasteiger charge is -2.24. The van der Waals surface area contributed by atoms with Crippen LogP contribution in [0.5, 0.6) is 0 Å². The van der Waals surface area contributed by atoms with E-state index >= 15 is 0 Å². The Morgan fingerprint density at radius 2 is 2.05 bits per heavy atom. The molecule has 0 bridgehead atoms. The van der Waals surface area contributed by atoms with Crippen LogP contribution in [0.3, 0.4) is 0 Å². The highest BCUT2D eigenvalue weighted by Gasteiger charge is 2.39. The maximum atomic E-state index is 13.4. The lowest BCUT2D eigenvalue weighted by molar-refractivity contribution is -0.139. The van der Waals surface area contributed by atoms with Gasteiger partial charge in [-0.1, -0.05) is 28.9 Å². The van der Waals surface area contributed by atoms with Crippen molar-refractivity contribution in [3.05, 3.63) is 62.4 Å². The molecule has 1 aromatic carbocycles. The van der Waals surface area contributed by atoms with Gasteiger partial charge in [0.15, 0.2) is 10.8 Å². The number of amidine groups is 1. The van der Waals surface area contributed by atoms with Crippen molar-refractivity contribution >= 4 is 45.0 Å². The molecule has 1 aromatic heterocycles. The Bertz CT molecular complexity index is 1100. The van der Waals surface area contributed by atoms with Crippen molar-refractivity contribution in [1.82, 2.24) is 15.2 Å². The molecule has 2 N–H and O–H groups in total. The summed E-state index contributed by atoms with van der Waals surface area (Å²) in [4.78, 5) is 31.7. The number of likely N-dealkylation sites (tertiary alicyclic amines) is 1. The molecular weight excluding hydrogens is 577 g/mol. The van der Waals surface area contributed by atoms with Crippen LogP contribution in [0.4, 0.5) is 13.2 Å². The van der Waals surface area contributed by atoms with Crippen molar-refractivity contribution in [1.29, 1.82) is 0 Å². The number of rotatable bonds is 6. The summed E-state index contributed by atoms with van der Waals surface area (Å²) in [7, 11) is 0. The zero-order valence-electron chi connectivity index (χ0n) is 20.3. The first-order chi connectivity index (χ1) is 17.5. The summed E-state index contributed by atoms with van der Waals surface area (Å²) in [5.74, 6) is -3.54. The molecule has 202 valence electrons. The van der Waals surface area contributed by atoms with Gasteiger partial charge in [0.1, 0.15) is 5.82 Å². The summed E-state index contributed by atoms with van der Waals surface area (Å²) in [6.45, 7) is 3.94. The topological polar surface area (TPSA) is 104 Å². The van der Waals surface area contributed by atoms with E-state index in [9.17, 15) is 22.8 Å². The number of ether oxygens (including phenoxy) is 1. The fourth-order valence-electron chi connectivity index (χ4n) is 3.14. The van der Waals surface area contributed by atoms with E-state index in [1.165, 1.54) is 23.5 Å². The summed E-state index contributed by atoms with van der Waals surface area (Å²) in [6, 6.07) is 6.26. The van der Waals surface area contributed by atoms with E-state index in [1.54, 1.807) is 37.1 Å². The molecule has 13 heteroatoms. The van der Waals surface area contributed by atoms with Gasteiger partial charge in [-0.05, 0) is 25.1 Å². The summed E-state index contributed by atoms with van der Waals surface area (Å²) in [5.41, 5.74) is 0.943. The molecule has 1 saturated heterocycles. The fourth-order valence-corrected chi connectivity index (χ4v) is 4.11. The number of nitrogens with zero attached hydrogens (tertiary/aromatic N) is 3. The van der Waals surface area contributed by atoms with Gasteiger partial charge in [-0.2, -0.15) is 0 Å². The molecule has 0 spiro atoms. The number of carbonyl (C=O) groups is 2. The molecule has 8 nitrogen and oxygen atoms in total. The van der Waals surface area contributed by atoms with Crippen LogP contribution in [0, 0.1) is 5.82 Å². The minimum absolute atomic E-state index is 0.153. The number of esters is 1. The van der Waals surface area contributed by atoms with Crippen LogP contribution in [-0.2, 0) is 14.3 Å². The number of aliphatic carboxylic acids is 1. The Morgan fingerprint density at radius 1 is 1.32 bits per heavy atom. The highest BCUT2D eigenvalue weighted by atomic mass is 79.9. The third kappa shape index (κ3) is 10.6. The third-order valence-electron chi connectivity index (χ3n) is 4.91. The van der Waals surface area contributed by atoms with Crippen LogP contribution in [-0.4, -0.2) is 71.5 Å². The highest BCUT2D eigenvalue weighted by Crippen LogP contribution is 2.28. The molecular formula is C24H28BrF3N4O4S. The Morgan fingerprint density at radius 3 is 2.54 bits per heavy atom. The van der Waals surface area contributed by atoms with Gasteiger partial charge < -0.3 is 15.2 Å². The van der Waals surface area contributed by atoms with E-state index in [1.807, 2.05) is 5.38 Å². The second-order valence-electron chi connectivity index (χ2n) is 7.81. The molecule has 0 aliphatic carbocycles. The standard InChI is InChI=1S/C15H18F2N4O2S.C6H4BrF.C3H6O2/c1-2-23-14(22)10-7-19-12(13-18-4-6-24-13)20-11(10)8-21-5-3-15(16,17)9-21;7-5-2-1-3-6(8)4-5;1-2-3(4)5/h4,6H,2-3,5,7-9H2,1H3,(H,19,20);1-4H;2H2,1H3,(H,4,5). The van der Waals surface area contributed by atoms with Crippen LogP contribution in [0.2, 0.25) is 0 Å². The Labute approximate surface area is 225 Å². The smallest absolute Gasteiger partial charge is 0.337 e. The molecule has 2 aliphatic heterocycles. The molecule has 3 heterocycles. The van der Waals surface area contributed by atoms with Crippen molar-refractivity contribution in [2.75, 3.05) is 32.8 Å². The number of hydrogen-bond donors (Lipinski definition) is 2. The van der Waals surface area contributed by atoms with Gasteiger partial charge >= 0.3 is 11.9 Å². The van der Waals surface area contributed by atoms with Gasteiger partial charge in [0.2, 0.25) is 0 Å². The molecule has 0 atom stereocenters. The van der Waals surface area contributed by atoms with E-state index in [0.717, 1.165) is 4.47 Å². The molecule has 37 heavy (non-hydrogen) atoms. The number of carboxylic acid groups (broad SMARTS) is 1. The van der Waals surface area contributed by atoms with Gasteiger partial charge in [-0.25, -0.2) is 22.9 Å². The van der Waals surface area contributed by atoms with E-state index in [4.69, 9.17) is 9.84 Å². The number of nitrogens with one attached hydrogen (secondary N) is 1. The van der Waals surface area contributed by atoms with Gasteiger partial charge in [0.25, 0.3) is 5.92 Å². The third-order valence-corrected chi connectivity index (χ3v) is 6.18. The summed E-state index contributed by atoms with van der Waals surface area (Å²) in [6.07, 6.45) is 1.72. The number of aromatic nitrogens is 1. The molecule has 2 aromatic rings. The monoisotopic (exact) mass is 604 g/mol. The van der Waals surface area contributed by atoms with Crippen LogP contribution in [0.1, 0.15) is 31.7 Å². The van der Waals surface area contributed by atoms with Crippen LogP contribution >= 0.6 is 27.3 Å². The van der Waals surface area contributed by atoms with Crippen molar-refractivity contribution < 1.29 is 32.6 Å². The first kappa shape index (κ1) is 30.5. The van der Waals surface area contributed by atoms with E-state index in [2.05, 4.69) is 31.2 Å². The Balaban J connectivity index is 0.000000304. The summed E-state index contributed by atoms with van der Waals surface area (Å²) in [5, 5.41) is 13.3. The molecule has 0 radical (unpaired) electrons. The van der Waals surface area contributed by atoms with Crippen LogP contribution < -0.4 is 5.32 Å². The SMILES string of the molecule is CCC(=O)O.CCOC(=O)C1=C(CN2CCC(F)(F)C2)NC(c2nccs2)=NC1.Fc1cccc(Br)c1. The number of aliphatic imine (C=N–C) groups is 1. The predicted molar refractivity (Wildman–Crippen MR) is 138 cm³/mol. The number of benzene rings is 1. The number of hydrogen-bond acceptors (Lipinski definition) is 8. The van der Waals surface area contributed by atoms with Crippen molar-refractivity contribution in [2.24, 2.45) is 4.99 Å². The minimum atomic E-state index is -2.68. The van der Waals surface area contributed by atoms with E-state index < -0.39 is 17.9 Å². The molecule has 4 rings (SSSR count). The number of carboxylic acids is 1. The van der Waals surface area contributed by atoms with E-state index in [-0.39, 0.29) is 51.4 Å². The zero-order chi connectivity index (χ0) is 27.4. The van der Waals surface area contributed by atoms with Crippen molar-refractivity contribution in [3.8, 4) is 0 Å². The van der Waals surface area contributed by atoms with Gasteiger partial charge in [0.05, 0.1) is 25.3 Å². The molecule has 0 unspecified atom stereocenters. The van der Waals surface area contributed by atoms with Crippen LogP contribution in [0.25, 0.3) is 0 Å². The van der Waals surface area contributed by atoms with Crippen molar-refractivity contribution in [2.45, 2.75) is 32.6 Å². The molecule has 2 aliphatic rings. The lowest BCUT2D eigenvalue weighted by atomic mass is 10.1. The normalized spacial score (nSPS) is 16.4. The number of carbonyl (C=O) groups excluding carboxylic acids is 1. The van der Waals surface area contributed by atoms with Gasteiger partial charge in [-0.15, -0.1) is 11.3 Å². The van der Waals surface area contributed by atoms with Gasteiger partial charge in [0, 0.05) is 47.7 Å². The Kier molecular flexibility index (Phi) is 12.2. The fraction of sp³-hybridized carbons (Fsp3) is 0.417. The number of alkyl halides is 2. The largest absolute Gasteiger partial charge is 0.481 e. The summed E-state index contributed by atoms with van der Waals surface area (Å²) < 4.78 is 44.8. The Hall–Kier alpha value is -2.77. The second kappa shape index (κ2) is 14.8. The molecule has 1 fully saturated rings. The second-order valence-corrected chi connectivity index (χ2v) is 9.62. The number of halogens is 4. The average Bonchev–Trinajstić information content (AvgIpc) is 3.49. The maximum Gasteiger partial charge on any atom is 0.337 e. The number of thiazole rings is 1. The average molecular weight is 605 g/mol. The minimum Gasteiger partial charge on any atom is -0.481 e. The van der Waals surface area contributed by atoms with E-state index in [0.29, 0.717) is 22.1 Å². The van der Waals surface area contributed by atoms with Crippen molar-refractivity contribution in [3.63, 3.8) is 0 Å². The first-order valence-electron chi connectivity index (χ1n) is 11.4. The first-order valence-corrected chi connectivity index (χ1v) is 13.1. The highest BCUT2D eigenvalue weighted by molar-refractivity contribution is 9.10. The lowest BCUT2D eigenvalue weighted by Crippen LogP contribution is -2.38. The van der Waals surface area contributed by atoms with Gasteiger partial charge in [-0.3, -0.25) is 14.7 Å².